The van der Waals surface area contributed by atoms with Gasteiger partial charge in [0.25, 0.3) is 0 Å². The summed E-state index contributed by atoms with van der Waals surface area (Å²) in [7, 11) is 0. The Bertz CT molecular complexity index is 369. The first kappa shape index (κ1) is 20.4. The van der Waals surface area contributed by atoms with Crippen LogP contribution in [0.15, 0.2) is 0 Å². The van der Waals surface area contributed by atoms with E-state index in [0.29, 0.717) is 0 Å². The molecule has 0 rings (SSSR count). The van der Waals surface area contributed by atoms with E-state index >= 15 is 0 Å². The molecule has 19 heavy (non-hydrogen) atoms. The van der Waals surface area contributed by atoms with Gasteiger partial charge in [-0.05, 0) is 6.92 Å². The minimum atomic E-state index is -2.74. The van der Waals surface area contributed by atoms with Crippen LogP contribution in [-0.2, 0) is 23.9 Å². The molecule has 0 aromatic heterocycles. The molecular weight excluding hydrogens is 292 g/mol. The number of aliphatic carboxylic acids is 3. The summed E-state index contributed by atoms with van der Waals surface area (Å²) in [6.07, 6.45) is -4.16. The smallest absolute Gasteiger partial charge is 1.00 e. The molecule has 4 N–H and O–H groups in total. The summed E-state index contributed by atoms with van der Waals surface area (Å²) in [6, 6.07) is 0. The Balaban J connectivity index is -0.000000482. The van der Waals surface area contributed by atoms with Crippen LogP contribution >= 0.6 is 0 Å². The van der Waals surface area contributed by atoms with E-state index in [4.69, 9.17) is 20.4 Å². The van der Waals surface area contributed by atoms with Gasteiger partial charge in [-0.15, -0.1) is 0 Å². The van der Waals surface area contributed by atoms with Gasteiger partial charge >= 0.3 is 61.6 Å². The zero-order valence-corrected chi connectivity index (χ0v) is 12.2. The van der Waals surface area contributed by atoms with E-state index in [-0.39, 0.29) is 40.6 Å². The second-order valence-corrected chi connectivity index (χ2v) is 3.54. The normalized spacial score (nSPS) is 11.9. The SMILES string of the molecule is CC(O)C(=O)OC(CC(=O)O)(CC(=O)O)C(=O)O.[Ca+2].[H-].[H-]. The van der Waals surface area contributed by atoms with E-state index < -0.39 is 48.4 Å². The summed E-state index contributed by atoms with van der Waals surface area (Å²) in [4.78, 5) is 43.2. The van der Waals surface area contributed by atoms with Gasteiger partial charge < -0.3 is 28.0 Å². The van der Waals surface area contributed by atoms with Crippen LogP contribution in [0.2, 0.25) is 0 Å². The van der Waals surface area contributed by atoms with Gasteiger partial charge in [0.05, 0.1) is 12.8 Å². The molecule has 0 amide bonds. The molecule has 0 aromatic carbocycles. The maximum atomic E-state index is 11.1. The molecule has 0 aliphatic heterocycles. The maximum Gasteiger partial charge on any atom is 2.00 e. The monoisotopic (exact) mass is 306 g/mol. The Morgan fingerprint density at radius 1 is 1.11 bits per heavy atom. The van der Waals surface area contributed by atoms with Crippen LogP contribution in [0.4, 0.5) is 0 Å². The summed E-state index contributed by atoms with van der Waals surface area (Å²) in [5.74, 6) is -6.64. The van der Waals surface area contributed by atoms with Crippen molar-refractivity contribution in [1.29, 1.82) is 0 Å². The fourth-order valence-electron chi connectivity index (χ4n) is 1.10. The number of hydrogen-bond donors (Lipinski definition) is 4. The summed E-state index contributed by atoms with van der Waals surface area (Å²) >= 11 is 0. The van der Waals surface area contributed by atoms with Crippen molar-refractivity contribution in [2.75, 3.05) is 0 Å². The van der Waals surface area contributed by atoms with Gasteiger partial charge in [0.15, 0.2) is 0 Å². The molecule has 0 saturated heterocycles. The van der Waals surface area contributed by atoms with E-state index in [1.54, 1.807) is 0 Å². The zero-order chi connectivity index (χ0) is 14.5. The van der Waals surface area contributed by atoms with E-state index in [1.807, 2.05) is 0 Å². The van der Waals surface area contributed by atoms with Gasteiger partial charge in [0.1, 0.15) is 6.10 Å². The molecule has 0 aromatic rings. The van der Waals surface area contributed by atoms with E-state index in [0.717, 1.165) is 6.92 Å². The first-order valence-corrected chi connectivity index (χ1v) is 4.68. The molecule has 0 saturated carbocycles. The van der Waals surface area contributed by atoms with Crippen molar-refractivity contribution in [3.63, 3.8) is 0 Å². The Hall–Kier alpha value is -0.900. The average molecular weight is 306 g/mol. The zero-order valence-electron chi connectivity index (χ0n) is 12.0. The van der Waals surface area contributed by atoms with Gasteiger partial charge in [0.2, 0.25) is 5.60 Å². The second kappa shape index (κ2) is 8.31. The molecule has 106 valence electrons. The van der Waals surface area contributed by atoms with Crippen LogP contribution in [0.3, 0.4) is 0 Å². The largest absolute Gasteiger partial charge is 2.00 e. The number of carbonyl (C=O) groups excluding carboxylic acids is 1. The minimum absolute atomic E-state index is 0. The van der Waals surface area contributed by atoms with Crippen LogP contribution in [-0.4, -0.2) is 93.7 Å². The van der Waals surface area contributed by atoms with Crippen LogP contribution in [0.5, 0.6) is 0 Å². The molecule has 0 aliphatic rings. The van der Waals surface area contributed by atoms with Crippen molar-refractivity contribution in [3.05, 3.63) is 0 Å². The standard InChI is InChI=1S/C9H12O9.Ca.2H/c1-4(10)7(15)18-9(8(16)17,2-5(11)12)3-6(13)14;;;/h4,10H,2-3H2,1H3,(H,11,12)(H,13,14)(H,16,17);;;/q;+2;2*-1. The van der Waals surface area contributed by atoms with Crippen LogP contribution < -0.4 is 0 Å². The average Bonchev–Trinajstić information content (AvgIpc) is 2.14. The number of aliphatic hydroxyl groups is 1. The van der Waals surface area contributed by atoms with Crippen LogP contribution in [0.1, 0.15) is 22.6 Å². The molecule has 0 spiro atoms. The maximum absolute atomic E-state index is 11.1. The van der Waals surface area contributed by atoms with E-state index in [1.165, 1.54) is 0 Å². The van der Waals surface area contributed by atoms with Crippen molar-refractivity contribution in [3.8, 4) is 0 Å². The molecule has 9 nitrogen and oxygen atoms in total. The molecule has 0 aliphatic carbocycles. The fraction of sp³-hybridized carbons (Fsp3) is 0.556. The number of aliphatic hydroxyl groups excluding tert-OH is 1. The first-order valence-electron chi connectivity index (χ1n) is 4.68. The van der Waals surface area contributed by atoms with Gasteiger partial charge in [-0.3, -0.25) is 9.59 Å². The molecule has 1 unspecified atom stereocenters. The number of esters is 1. The number of carboxylic acid groups (broad SMARTS) is 3. The van der Waals surface area contributed by atoms with Crippen LogP contribution in [0, 0.1) is 0 Å². The Labute approximate surface area is 140 Å². The molecule has 0 radical (unpaired) electrons. The van der Waals surface area contributed by atoms with Crippen molar-refractivity contribution in [2.45, 2.75) is 31.5 Å². The first-order chi connectivity index (χ1) is 8.10. The van der Waals surface area contributed by atoms with Gasteiger partial charge in [-0.25, -0.2) is 9.59 Å². The van der Waals surface area contributed by atoms with E-state index in [2.05, 4.69) is 4.74 Å². The summed E-state index contributed by atoms with van der Waals surface area (Å²) in [5, 5.41) is 34.8. The number of ether oxygens (including phenoxy) is 1. The van der Waals surface area contributed by atoms with Crippen molar-refractivity contribution in [2.24, 2.45) is 0 Å². The molecule has 0 heterocycles. The molecule has 0 fully saturated rings. The third-order valence-corrected chi connectivity index (χ3v) is 1.90. The third-order valence-electron chi connectivity index (χ3n) is 1.90. The third kappa shape index (κ3) is 6.71. The Morgan fingerprint density at radius 3 is 1.68 bits per heavy atom. The summed E-state index contributed by atoms with van der Waals surface area (Å²) in [5.41, 5.74) is -2.74. The number of carboxylic acids is 3. The fourth-order valence-corrected chi connectivity index (χ4v) is 1.10. The number of hydrogen-bond acceptors (Lipinski definition) is 6. The Morgan fingerprint density at radius 2 is 1.47 bits per heavy atom. The minimum Gasteiger partial charge on any atom is -1.00 e. The van der Waals surface area contributed by atoms with Crippen molar-refractivity contribution in [1.82, 2.24) is 0 Å². The van der Waals surface area contributed by atoms with Crippen molar-refractivity contribution >= 4 is 61.6 Å². The molecular formula is C9H14CaO9. The summed E-state index contributed by atoms with van der Waals surface area (Å²) < 4.78 is 4.33. The topological polar surface area (TPSA) is 158 Å². The Kier molecular flexibility index (Phi) is 8.93. The number of rotatable bonds is 7. The molecule has 10 heteroatoms. The summed E-state index contributed by atoms with van der Waals surface area (Å²) in [6.45, 7) is 0.969. The van der Waals surface area contributed by atoms with Crippen molar-refractivity contribution < 1.29 is 47.2 Å². The molecule has 0 bridgehead atoms. The molecule has 1 atom stereocenters. The quantitative estimate of drug-likeness (QED) is 0.325. The predicted molar refractivity (Wildman–Crippen MR) is 60.6 cm³/mol. The van der Waals surface area contributed by atoms with Gasteiger partial charge in [-0.1, -0.05) is 0 Å². The second-order valence-electron chi connectivity index (χ2n) is 3.54. The predicted octanol–water partition coefficient (Wildman–Crippen LogP) is -1.47. The van der Waals surface area contributed by atoms with Crippen LogP contribution in [0.25, 0.3) is 0 Å². The van der Waals surface area contributed by atoms with Gasteiger partial charge in [-0.2, -0.15) is 0 Å². The van der Waals surface area contributed by atoms with Gasteiger partial charge in [0, 0.05) is 0 Å². The van der Waals surface area contributed by atoms with E-state index in [9.17, 15) is 19.2 Å². The number of carbonyl (C=O) groups is 4.